The van der Waals surface area contributed by atoms with E-state index in [0.717, 1.165) is 5.76 Å². The van der Waals surface area contributed by atoms with Gasteiger partial charge in [0.25, 0.3) is 0 Å². The molecule has 6 nitrogen and oxygen atoms in total. The molecule has 0 bridgehead atoms. The Bertz CT molecular complexity index is 867. The van der Waals surface area contributed by atoms with Crippen molar-refractivity contribution in [1.82, 2.24) is 10.6 Å². The molecule has 31 heavy (non-hydrogen) atoms. The molecular weight excluding hydrogens is 526 g/mol. The Labute approximate surface area is 197 Å². The number of aliphatic hydroxyl groups is 1. The summed E-state index contributed by atoms with van der Waals surface area (Å²) in [6.07, 6.45) is -4.39. The Morgan fingerprint density at radius 2 is 1.90 bits per heavy atom. The molecule has 1 unspecified atom stereocenters. The monoisotopic (exact) mass is 555 g/mol. The van der Waals surface area contributed by atoms with Gasteiger partial charge in [-0.3, -0.25) is 0 Å². The van der Waals surface area contributed by atoms with Gasteiger partial charge in [0.15, 0.2) is 12.6 Å². The SMILES string of the molecule is CCNC(=NCc1cccc(OCC(F)(F)F)c1)NCC(C)(O)c1cc(C)oc1C.I. The number of furan rings is 1. The standard InChI is InChI=1S/C21H28F3N3O3.HI/c1-5-25-19(27-12-20(4,28)18-9-14(2)30-15(18)3)26-11-16-7-6-8-17(10-16)29-13-21(22,23)24;/h6-10,28H,5,11-13H2,1-4H3,(H2,25,26,27);1H. The van der Waals surface area contributed by atoms with E-state index in [1.807, 2.05) is 13.8 Å². The van der Waals surface area contributed by atoms with E-state index in [9.17, 15) is 18.3 Å². The quantitative estimate of drug-likeness (QED) is 0.256. The fraction of sp³-hybridized carbons (Fsp3) is 0.476. The molecule has 0 saturated heterocycles. The average molecular weight is 555 g/mol. The Morgan fingerprint density at radius 3 is 2.48 bits per heavy atom. The Morgan fingerprint density at radius 1 is 1.19 bits per heavy atom. The highest BCUT2D eigenvalue weighted by atomic mass is 127. The number of nitrogens with one attached hydrogen (secondary N) is 2. The van der Waals surface area contributed by atoms with Gasteiger partial charge >= 0.3 is 6.18 Å². The number of guanidine groups is 1. The number of nitrogens with zero attached hydrogens (tertiary/aromatic N) is 1. The zero-order valence-corrected chi connectivity index (χ0v) is 20.3. The van der Waals surface area contributed by atoms with Gasteiger partial charge in [0, 0.05) is 12.1 Å². The Hall–Kier alpha value is -1.95. The maximum Gasteiger partial charge on any atom is 0.422 e. The van der Waals surface area contributed by atoms with Crippen LogP contribution in [0.5, 0.6) is 5.75 Å². The van der Waals surface area contributed by atoms with E-state index in [1.54, 1.807) is 32.0 Å². The number of alkyl halides is 3. The van der Waals surface area contributed by atoms with Crippen LogP contribution in [0.15, 0.2) is 39.7 Å². The second-order valence-corrected chi connectivity index (χ2v) is 7.20. The highest BCUT2D eigenvalue weighted by Gasteiger charge is 2.29. The van der Waals surface area contributed by atoms with Crippen LogP contribution in [0.1, 0.15) is 36.5 Å². The number of aryl methyl sites for hydroxylation is 2. The second-order valence-electron chi connectivity index (χ2n) is 7.20. The Balaban J connectivity index is 0.00000480. The summed E-state index contributed by atoms with van der Waals surface area (Å²) in [5.74, 6) is 1.97. The average Bonchev–Trinajstić information content (AvgIpc) is 3.01. The zero-order chi connectivity index (χ0) is 22.4. The number of benzene rings is 1. The molecule has 1 heterocycles. The third kappa shape index (κ3) is 8.98. The minimum absolute atomic E-state index is 0. The maximum atomic E-state index is 12.3. The largest absolute Gasteiger partial charge is 0.484 e. The number of rotatable bonds is 8. The van der Waals surface area contributed by atoms with Gasteiger partial charge in [0.2, 0.25) is 0 Å². The molecule has 0 radical (unpaired) electrons. The fourth-order valence-corrected chi connectivity index (χ4v) is 2.93. The van der Waals surface area contributed by atoms with Crippen LogP contribution in [-0.4, -0.2) is 36.9 Å². The van der Waals surface area contributed by atoms with Gasteiger partial charge in [0.1, 0.15) is 22.9 Å². The fourth-order valence-electron chi connectivity index (χ4n) is 2.93. The van der Waals surface area contributed by atoms with Crippen molar-refractivity contribution in [1.29, 1.82) is 0 Å². The first-order chi connectivity index (χ1) is 14.0. The molecule has 2 rings (SSSR count). The summed E-state index contributed by atoms with van der Waals surface area (Å²) in [7, 11) is 0. The van der Waals surface area contributed by atoms with Crippen molar-refractivity contribution in [2.45, 2.75) is 46.0 Å². The van der Waals surface area contributed by atoms with E-state index < -0.39 is 18.4 Å². The van der Waals surface area contributed by atoms with Crippen LogP contribution < -0.4 is 15.4 Å². The van der Waals surface area contributed by atoms with Crippen molar-refractivity contribution < 1.29 is 27.4 Å². The van der Waals surface area contributed by atoms with Crippen molar-refractivity contribution in [3.05, 3.63) is 53.0 Å². The number of hydrogen-bond donors (Lipinski definition) is 3. The summed E-state index contributed by atoms with van der Waals surface area (Å²) in [6, 6.07) is 8.15. The molecule has 0 spiro atoms. The molecule has 1 atom stereocenters. The number of ether oxygens (including phenoxy) is 1. The molecule has 3 N–H and O–H groups in total. The van der Waals surface area contributed by atoms with E-state index in [0.29, 0.717) is 29.4 Å². The second kappa shape index (κ2) is 11.6. The molecule has 2 aromatic rings. The van der Waals surface area contributed by atoms with Crippen molar-refractivity contribution in [2.75, 3.05) is 19.7 Å². The van der Waals surface area contributed by atoms with E-state index in [-0.39, 0.29) is 42.8 Å². The van der Waals surface area contributed by atoms with Crippen LogP contribution in [0, 0.1) is 13.8 Å². The summed E-state index contributed by atoms with van der Waals surface area (Å²) in [5.41, 5.74) is 0.210. The molecule has 0 fully saturated rings. The molecule has 174 valence electrons. The topological polar surface area (TPSA) is 79.0 Å². The molecular formula is C21H29F3IN3O3. The molecule has 0 aliphatic carbocycles. The summed E-state index contributed by atoms with van der Waals surface area (Å²) in [4.78, 5) is 4.44. The lowest BCUT2D eigenvalue weighted by Crippen LogP contribution is -2.44. The summed E-state index contributed by atoms with van der Waals surface area (Å²) >= 11 is 0. The minimum Gasteiger partial charge on any atom is -0.484 e. The van der Waals surface area contributed by atoms with Crippen LogP contribution in [-0.2, 0) is 12.1 Å². The summed E-state index contributed by atoms with van der Waals surface area (Å²) in [5, 5.41) is 17.0. The van der Waals surface area contributed by atoms with Gasteiger partial charge in [0.05, 0.1) is 13.1 Å². The van der Waals surface area contributed by atoms with Crippen LogP contribution in [0.2, 0.25) is 0 Å². The highest BCUT2D eigenvalue weighted by Crippen LogP contribution is 2.26. The third-order valence-electron chi connectivity index (χ3n) is 4.29. The smallest absolute Gasteiger partial charge is 0.422 e. The van der Waals surface area contributed by atoms with Crippen molar-refractivity contribution >= 4 is 29.9 Å². The summed E-state index contributed by atoms with van der Waals surface area (Å²) in [6.45, 7) is 6.88. The normalized spacial score (nSPS) is 13.9. The van der Waals surface area contributed by atoms with Crippen molar-refractivity contribution in [2.24, 2.45) is 4.99 Å². The first kappa shape index (κ1) is 27.1. The first-order valence-electron chi connectivity index (χ1n) is 9.61. The molecule has 0 amide bonds. The van der Waals surface area contributed by atoms with Crippen LogP contribution >= 0.6 is 24.0 Å². The summed E-state index contributed by atoms with van der Waals surface area (Å²) < 4.78 is 47.2. The number of hydrogen-bond acceptors (Lipinski definition) is 4. The van der Waals surface area contributed by atoms with Crippen molar-refractivity contribution in [3.63, 3.8) is 0 Å². The number of aliphatic imine (C=N–C) groups is 1. The van der Waals surface area contributed by atoms with Crippen LogP contribution in [0.25, 0.3) is 0 Å². The zero-order valence-electron chi connectivity index (χ0n) is 18.0. The maximum absolute atomic E-state index is 12.3. The van der Waals surface area contributed by atoms with Gasteiger partial charge in [-0.1, -0.05) is 12.1 Å². The van der Waals surface area contributed by atoms with Crippen LogP contribution in [0.4, 0.5) is 13.2 Å². The van der Waals surface area contributed by atoms with Crippen LogP contribution in [0.3, 0.4) is 0 Å². The lowest BCUT2D eigenvalue weighted by atomic mass is 9.96. The molecule has 1 aromatic heterocycles. The lowest BCUT2D eigenvalue weighted by molar-refractivity contribution is -0.153. The van der Waals surface area contributed by atoms with Crippen molar-refractivity contribution in [3.8, 4) is 5.75 Å². The Kier molecular flexibility index (Phi) is 10.1. The first-order valence-corrected chi connectivity index (χ1v) is 9.61. The van der Waals surface area contributed by atoms with E-state index in [4.69, 9.17) is 9.15 Å². The van der Waals surface area contributed by atoms with E-state index in [2.05, 4.69) is 15.6 Å². The number of halogens is 4. The third-order valence-corrected chi connectivity index (χ3v) is 4.29. The minimum atomic E-state index is -4.39. The molecule has 10 heteroatoms. The van der Waals surface area contributed by atoms with E-state index >= 15 is 0 Å². The predicted molar refractivity (Wildman–Crippen MR) is 124 cm³/mol. The van der Waals surface area contributed by atoms with Gasteiger partial charge in [-0.25, -0.2) is 4.99 Å². The molecule has 0 aliphatic rings. The predicted octanol–water partition coefficient (Wildman–Crippen LogP) is 4.42. The van der Waals surface area contributed by atoms with Gasteiger partial charge < -0.3 is 24.9 Å². The van der Waals surface area contributed by atoms with E-state index in [1.165, 1.54) is 12.1 Å². The van der Waals surface area contributed by atoms with Gasteiger partial charge in [-0.15, -0.1) is 24.0 Å². The molecule has 0 aliphatic heterocycles. The highest BCUT2D eigenvalue weighted by molar-refractivity contribution is 14.0. The molecule has 0 saturated carbocycles. The van der Waals surface area contributed by atoms with Gasteiger partial charge in [-0.05, 0) is 51.5 Å². The van der Waals surface area contributed by atoms with Gasteiger partial charge in [-0.2, -0.15) is 13.2 Å². The lowest BCUT2D eigenvalue weighted by Gasteiger charge is -2.24. The molecule has 1 aromatic carbocycles.